The molecule has 1 saturated heterocycles. The third-order valence-electron chi connectivity index (χ3n) is 6.49. The highest BCUT2D eigenvalue weighted by Crippen LogP contribution is 2.33. The molecule has 0 bridgehead atoms. The largest absolute Gasteiger partial charge is 0.469 e. The number of esters is 2. The number of benzene rings is 1. The van der Waals surface area contributed by atoms with Gasteiger partial charge in [0.05, 0.1) is 38.2 Å². The van der Waals surface area contributed by atoms with Gasteiger partial charge in [-0.05, 0) is 25.5 Å². The number of carbonyl (C=O) groups excluding carboxylic acids is 3. The second kappa shape index (κ2) is 10.9. The van der Waals surface area contributed by atoms with Crippen molar-refractivity contribution < 1.29 is 49.0 Å². The van der Waals surface area contributed by atoms with Gasteiger partial charge in [0.1, 0.15) is 30.5 Å². The van der Waals surface area contributed by atoms with Crippen molar-refractivity contribution >= 4 is 28.7 Å². The Morgan fingerprint density at radius 1 is 1.08 bits per heavy atom. The standard InChI is InChI=1S/C24H32N2O10/c1-24(2,23(33)35-4)20(22(32)34-3)25-16(28)9-12-10-26(14-8-6-5-7-13(12)14)21-19(31)18(30)17(29)15(11-27)36-21/h5-8,10,15,17-21,27,29-31H,9,11H2,1-4H3,(H,25,28)/t15-,17-,18+,19-,20-,21-/m1/s1. The molecule has 1 aliphatic rings. The predicted molar refractivity (Wildman–Crippen MR) is 124 cm³/mol. The van der Waals surface area contributed by atoms with Crippen LogP contribution in [-0.2, 0) is 35.0 Å². The SMILES string of the molecule is COC(=O)[C@@H](NC(=O)Cc1cn([C@@H]2O[C@H](CO)[C@@H](O)[C@H](O)[C@H]2O)c2ccccc12)C(C)(C)C(=O)OC. The van der Waals surface area contributed by atoms with E-state index in [0.717, 1.165) is 7.11 Å². The molecule has 0 aliphatic carbocycles. The number of nitrogens with zero attached hydrogens (tertiary/aromatic N) is 1. The first-order valence-electron chi connectivity index (χ1n) is 11.3. The average molecular weight is 509 g/mol. The van der Waals surface area contributed by atoms with Crippen LogP contribution in [0.5, 0.6) is 0 Å². The first-order chi connectivity index (χ1) is 17.0. The molecule has 1 aromatic heterocycles. The minimum atomic E-state index is -1.57. The highest BCUT2D eigenvalue weighted by Gasteiger charge is 2.45. The molecule has 0 spiro atoms. The van der Waals surface area contributed by atoms with E-state index in [1.54, 1.807) is 30.5 Å². The lowest BCUT2D eigenvalue weighted by Crippen LogP contribution is -2.56. The molecule has 2 heterocycles. The van der Waals surface area contributed by atoms with Crippen molar-refractivity contribution in [3.8, 4) is 0 Å². The molecule has 198 valence electrons. The summed E-state index contributed by atoms with van der Waals surface area (Å²) < 4.78 is 16.7. The summed E-state index contributed by atoms with van der Waals surface area (Å²) >= 11 is 0. The van der Waals surface area contributed by atoms with Crippen molar-refractivity contribution in [2.75, 3.05) is 20.8 Å². The number of nitrogens with one attached hydrogen (secondary N) is 1. The van der Waals surface area contributed by atoms with Crippen molar-refractivity contribution in [1.29, 1.82) is 0 Å². The van der Waals surface area contributed by atoms with Crippen molar-refractivity contribution in [3.05, 3.63) is 36.0 Å². The fourth-order valence-electron chi connectivity index (χ4n) is 4.36. The quantitative estimate of drug-likeness (QED) is 0.278. The van der Waals surface area contributed by atoms with Crippen LogP contribution in [-0.4, -0.2) is 94.1 Å². The Bertz CT molecular complexity index is 1110. The molecule has 3 rings (SSSR count). The second-order valence-corrected chi connectivity index (χ2v) is 9.21. The van der Waals surface area contributed by atoms with Crippen molar-refractivity contribution in [1.82, 2.24) is 9.88 Å². The summed E-state index contributed by atoms with van der Waals surface area (Å²) in [6, 6.07) is 5.63. The van der Waals surface area contributed by atoms with E-state index >= 15 is 0 Å². The van der Waals surface area contributed by atoms with Crippen LogP contribution >= 0.6 is 0 Å². The minimum absolute atomic E-state index is 0.213. The van der Waals surface area contributed by atoms with E-state index < -0.39 is 66.6 Å². The minimum Gasteiger partial charge on any atom is -0.469 e. The molecule has 12 heteroatoms. The smallest absolute Gasteiger partial charge is 0.329 e. The maximum Gasteiger partial charge on any atom is 0.329 e. The van der Waals surface area contributed by atoms with Crippen LogP contribution in [0.1, 0.15) is 25.6 Å². The van der Waals surface area contributed by atoms with Gasteiger partial charge in [-0.2, -0.15) is 0 Å². The van der Waals surface area contributed by atoms with Gasteiger partial charge in [0.2, 0.25) is 5.91 Å². The Morgan fingerprint density at radius 2 is 1.75 bits per heavy atom. The molecule has 1 aliphatic heterocycles. The van der Waals surface area contributed by atoms with Gasteiger partial charge < -0.3 is 44.5 Å². The van der Waals surface area contributed by atoms with Crippen molar-refractivity contribution in [3.63, 3.8) is 0 Å². The van der Waals surface area contributed by atoms with E-state index in [0.29, 0.717) is 16.5 Å². The number of hydrogen-bond acceptors (Lipinski definition) is 10. The van der Waals surface area contributed by atoms with Crippen molar-refractivity contribution in [2.45, 2.75) is 57.0 Å². The average Bonchev–Trinajstić information content (AvgIpc) is 3.22. The molecule has 1 fully saturated rings. The van der Waals surface area contributed by atoms with Gasteiger partial charge in [0, 0.05) is 11.6 Å². The molecular formula is C24H32N2O10. The van der Waals surface area contributed by atoms with Crippen LogP contribution in [0.15, 0.2) is 30.5 Å². The zero-order valence-corrected chi connectivity index (χ0v) is 20.5. The fraction of sp³-hybridized carbons (Fsp3) is 0.542. The molecule has 0 radical (unpaired) electrons. The number of aromatic nitrogens is 1. The lowest BCUT2D eigenvalue weighted by Gasteiger charge is -2.40. The zero-order valence-electron chi connectivity index (χ0n) is 20.5. The molecule has 6 atom stereocenters. The number of carbonyl (C=O) groups is 3. The molecule has 1 aromatic carbocycles. The topological polar surface area (TPSA) is 177 Å². The number of aliphatic hydroxyl groups is 4. The summed E-state index contributed by atoms with van der Waals surface area (Å²) in [4.78, 5) is 37.6. The van der Waals surface area contributed by atoms with Gasteiger partial charge in [-0.1, -0.05) is 18.2 Å². The lowest BCUT2D eigenvalue weighted by molar-refractivity contribution is -0.250. The van der Waals surface area contributed by atoms with E-state index in [-0.39, 0.29) is 6.42 Å². The van der Waals surface area contributed by atoms with E-state index in [4.69, 9.17) is 14.2 Å². The molecule has 5 N–H and O–H groups in total. The molecule has 12 nitrogen and oxygen atoms in total. The van der Waals surface area contributed by atoms with Gasteiger partial charge in [0.15, 0.2) is 6.23 Å². The van der Waals surface area contributed by atoms with Crippen LogP contribution in [0.25, 0.3) is 10.9 Å². The molecule has 0 saturated carbocycles. The molecular weight excluding hydrogens is 476 g/mol. The van der Waals surface area contributed by atoms with Gasteiger partial charge in [-0.3, -0.25) is 9.59 Å². The monoisotopic (exact) mass is 508 g/mol. The Kier molecular flexibility index (Phi) is 8.37. The van der Waals surface area contributed by atoms with Gasteiger partial charge >= 0.3 is 11.9 Å². The molecule has 2 aromatic rings. The fourth-order valence-corrected chi connectivity index (χ4v) is 4.36. The van der Waals surface area contributed by atoms with E-state index in [9.17, 15) is 34.8 Å². The summed E-state index contributed by atoms with van der Waals surface area (Å²) in [5.74, 6) is -2.11. The van der Waals surface area contributed by atoms with Gasteiger partial charge in [-0.15, -0.1) is 0 Å². The zero-order chi connectivity index (χ0) is 26.8. The van der Waals surface area contributed by atoms with Crippen LogP contribution in [0.2, 0.25) is 0 Å². The summed E-state index contributed by atoms with van der Waals surface area (Å²) in [6.07, 6.45) is -5.54. The van der Waals surface area contributed by atoms with E-state index in [2.05, 4.69) is 5.32 Å². The third-order valence-corrected chi connectivity index (χ3v) is 6.49. The Hall–Kier alpha value is -3.03. The number of methoxy groups -OCH3 is 2. The highest BCUT2D eigenvalue weighted by molar-refractivity contribution is 5.93. The number of rotatable bonds is 8. The van der Waals surface area contributed by atoms with Gasteiger partial charge in [0.25, 0.3) is 0 Å². The number of fused-ring (bicyclic) bond motifs is 1. The highest BCUT2D eigenvalue weighted by atomic mass is 16.6. The Labute approximate surface area is 207 Å². The Balaban J connectivity index is 1.92. The summed E-state index contributed by atoms with van der Waals surface area (Å²) in [5.41, 5.74) is -0.356. The van der Waals surface area contributed by atoms with Crippen LogP contribution in [0.3, 0.4) is 0 Å². The van der Waals surface area contributed by atoms with Crippen LogP contribution in [0, 0.1) is 5.41 Å². The maximum atomic E-state index is 13.0. The maximum absolute atomic E-state index is 13.0. The van der Waals surface area contributed by atoms with Gasteiger partial charge in [-0.25, -0.2) is 4.79 Å². The normalized spacial score (nSPS) is 25.3. The van der Waals surface area contributed by atoms with Crippen LogP contribution < -0.4 is 5.32 Å². The number of para-hydroxylation sites is 1. The summed E-state index contributed by atoms with van der Waals surface area (Å²) in [5, 5.41) is 43.6. The molecule has 36 heavy (non-hydrogen) atoms. The summed E-state index contributed by atoms with van der Waals surface area (Å²) in [7, 11) is 2.32. The van der Waals surface area contributed by atoms with E-state index in [1.807, 2.05) is 0 Å². The number of ether oxygens (including phenoxy) is 3. The second-order valence-electron chi connectivity index (χ2n) is 9.21. The van der Waals surface area contributed by atoms with E-state index in [1.165, 1.54) is 25.5 Å². The number of aliphatic hydroxyl groups excluding tert-OH is 4. The Morgan fingerprint density at radius 3 is 2.36 bits per heavy atom. The summed E-state index contributed by atoms with van der Waals surface area (Å²) in [6.45, 7) is 2.32. The third kappa shape index (κ3) is 5.08. The molecule has 0 unspecified atom stereocenters. The number of amides is 1. The first kappa shape index (κ1) is 27.6. The van der Waals surface area contributed by atoms with Crippen LogP contribution in [0.4, 0.5) is 0 Å². The van der Waals surface area contributed by atoms with Crippen molar-refractivity contribution in [2.24, 2.45) is 5.41 Å². The first-order valence-corrected chi connectivity index (χ1v) is 11.3. The lowest BCUT2D eigenvalue weighted by atomic mass is 9.84. The number of hydrogen-bond donors (Lipinski definition) is 5. The predicted octanol–water partition coefficient (Wildman–Crippen LogP) is -0.987. The molecule has 1 amide bonds.